The topological polar surface area (TPSA) is 108 Å². The SMILES string of the molecule is CC(C)[N-]C([N-]C(C)C)c1ccccc1.CC(C)[N-]C([N-]C(C)C)c1ccccc1.[Ir].[Ir].[c-]1cccc2ccc3cccnc3c12.[c-]1cccc2ccc3cccnc3c12.[c-]1ccccc1-c1ccccn1.[c-]1ccccc1-c1ccccn1. The Bertz CT molecular complexity index is 3220. The molecule has 84 heavy (non-hydrogen) atoms. The Morgan fingerprint density at radius 2 is 0.607 bits per heavy atom. The molecule has 0 spiro atoms. The van der Waals surface area contributed by atoms with Gasteiger partial charge in [0.05, 0.1) is 0 Å². The number of aromatic nitrogens is 4. The molecule has 0 aliphatic rings. The van der Waals surface area contributed by atoms with Gasteiger partial charge in [-0.05, 0) is 57.5 Å². The number of hydrogen-bond donors (Lipinski definition) is 0. The van der Waals surface area contributed by atoms with Crippen molar-refractivity contribution in [1.29, 1.82) is 0 Å². The molecule has 2 radical (unpaired) electrons. The van der Waals surface area contributed by atoms with Gasteiger partial charge < -0.3 is 41.2 Å². The molecular formula is C74H72Ir2N8-8. The molecule has 10 heteroatoms. The zero-order chi connectivity index (χ0) is 57.7. The van der Waals surface area contributed by atoms with Crippen molar-refractivity contribution in [3.8, 4) is 22.5 Å². The van der Waals surface area contributed by atoms with Crippen molar-refractivity contribution in [2.75, 3.05) is 0 Å². The first kappa shape index (κ1) is 67.3. The summed E-state index contributed by atoms with van der Waals surface area (Å²) in [6.07, 6.45) is 7.20. The van der Waals surface area contributed by atoms with E-state index in [4.69, 9.17) is 0 Å². The van der Waals surface area contributed by atoms with E-state index >= 15 is 0 Å². The molecule has 0 fully saturated rings. The number of rotatable bonds is 12. The zero-order valence-electron chi connectivity index (χ0n) is 49.0. The van der Waals surface area contributed by atoms with Gasteiger partial charge in [0.25, 0.3) is 0 Å². The molecular weight excluding hydrogens is 1390 g/mol. The van der Waals surface area contributed by atoms with Crippen molar-refractivity contribution < 1.29 is 40.2 Å². The second-order valence-electron chi connectivity index (χ2n) is 20.1. The molecule has 12 aromatic rings. The summed E-state index contributed by atoms with van der Waals surface area (Å²) in [6, 6.07) is 90.4. The minimum absolute atomic E-state index is 0. The van der Waals surface area contributed by atoms with Crippen LogP contribution in [0.2, 0.25) is 0 Å². The Balaban J connectivity index is 0.000000184. The number of pyridine rings is 4. The average molecular weight is 1460 g/mol. The molecule has 0 saturated carbocycles. The van der Waals surface area contributed by atoms with E-state index in [1.54, 1.807) is 12.4 Å². The molecule has 8 nitrogen and oxygen atoms in total. The van der Waals surface area contributed by atoms with E-state index in [9.17, 15) is 0 Å². The zero-order valence-corrected chi connectivity index (χ0v) is 53.7. The van der Waals surface area contributed by atoms with Gasteiger partial charge in [-0.1, -0.05) is 188 Å². The summed E-state index contributed by atoms with van der Waals surface area (Å²) >= 11 is 0. The van der Waals surface area contributed by atoms with Gasteiger partial charge in [-0.2, -0.15) is 0 Å². The molecule has 4 heterocycles. The predicted molar refractivity (Wildman–Crippen MR) is 346 cm³/mol. The molecule has 4 aromatic heterocycles. The van der Waals surface area contributed by atoms with E-state index in [0.29, 0.717) is 24.2 Å². The maximum atomic E-state index is 4.62. The van der Waals surface area contributed by atoms with Crippen LogP contribution >= 0.6 is 0 Å². The van der Waals surface area contributed by atoms with Gasteiger partial charge in [0.1, 0.15) is 0 Å². The molecule has 0 atom stereocenters. The second-order valence-corrected chi connectivity index (χ2v) is 20.1. The van der Waals surface area contributed by atoms with Crippen LogP contribution < -0.4 is 0 Å². The van der Waals surface area contributed by atoms with Crippen molar-refractivity contribution in [1.82, 2.24) is 19.9 Å². The summed E-state index contributed by atoms with van der Waals surface area (Å²) in [5.41, 5.74) is 8.45. The van der Waals surface area contributed by atoms with Crippen LogP contribution in [0.1, 0.15) is 78.8 Å². The third-order valence-electron chi connectivity index (χ3n) is 12.1. The van der Waals surface area contributed by atoms with E-state index in [0.717, 1.165) is 44.3 Å². The number of hydrogen-bond acceptors (Lipinski definition) is 4. The van der Waals surface area contributed by atoms with Crippen LogP contribution in [-0.2, 0) is 40.2 Å². The van der Waals surface area contributed by atoms with Gasteiger partial charge in [-0.3, -0.25) is 0 Å². The maximum absolute atomic E-state index is 4.62. The van der Waals surface area contributed by atoms with E-state index < -0.39 is 0 Å². The molecule has 0 amide bonds. The first-order valence-electron chi connectivity index (χ1n) is 28.0. The fraction of sp³-hybridized carbons (Fsp3) is 0.189. The minimum atomic E-state index is -0.00815. The second kappa shape index (κ2) is 37.0. The van der Waals surface area contributed by atoms with Crippen LogP contribution in [0, 0.1) is 24.3 Å². The van der Waals surface area contributed by atoms with Crippen molar-refractivity contribution in [3.63, 3.8) is 0 Å². The standard InChI is InChI=1S/2C13H20N2.2C13H8N.2C11H8N.2Ir/c2*1-10(2)14-13(15-11(3)4)12-8-6-5-7-9-12;2*1-2-6-12-10(4-1)7-8-11-5-3-9-14-13(11)12;2*1-2-6-10(7-3-1)11-8-4-5-9-12-11;;/h2*5-11,13H,1-4H3;2*1-5,7-9H;2*1-6,8-9H;;/q2*-2;4*-1;;. The van der Waals surface area contributed by atoms with Crippen LogP contribution in [0.15, 0.2) is 255 Å². The molecule has 0 bridgehead atoms. The van der Waals surface area contributed by atoms with Gasteiger partial charge in [0.15, 0.2) is 0 Å². The third-order valence-corrected chi connectivity index (χ3v) is 12.1. The summed E-state index contributed by atoms with van der Waals surface area (Å²) in [5, 5.41) is 25.4. The quantitative estimate of drug-likeness (QED) is 0.0897. The fourth-order valence-electron chi connectivity index (χ4n) is 8.42. The summed E-state index contributed by atoms with van der Waals surface area (Å²) in [6.45, 7) is 16.7. The van der Waals surface area contributed by atoms with Gasteiger partial charge in [-0.25, -0.2) is 12.3 Å². The molecule has 0 aliphatic carbocycles. The number of nitrogens with zero attached hydrogens (tertiary/aromatic N) is 8. The van der Waals surface area contributed by atoms with Gasteiger partial charge in [0.2, 0.25) is 0 Å². The summed E-state index contributed by atoms with van der Waals surface area (Å²) < 4.78 is 0. The van der Waals surface area contributed by atoms with Crippen LogP contribution in [0.5, 0.6) is 0 Å². The minimum Gasteiger partial charge on any atom is -0.672 e. The van der Waals surface area contributed by atoms with Crippen molar-refractivity contribution in [2.45, 2.75) is 91.9 Å². The Morgan fingerprint density at radius 3 is 0.940 bits per heavy atom. The van der Waals surface area contributed by atoms with Gasteiger partial charge in [0, 0.05) is 65.0 Å². The van der Waals surface area contributed by atoms with Crippen LogP contribution in [0.4, 0.5) is 0 Å². The van der Waals surface area contributed by atoms with Crippen molar-refractivity contribution in [3.05, 3.63) is 312 Å². The van der Waals surface area contributed by atoms with Gasteiger partial charge >= 0.3 is 0 Å². The van der Waals surface area contributed by atoms with Gasteiger partial charge in [-0.15, -0.1) is 166 Å². The first-order valence-corrected chi connectivity index (χ1v) is 28.0. The first-order chi connectivity index (χ1) is 40.0. The van der Waals surface area contributed by atoms with Crippen LogP contribution in [0.3, 0.4) is 0 Å². The molecule has 0 unspecified atom stereocenters. The average Bonchev–Trinajstić information content (AvgIpc) is 3.36. The molecule has 12 rings (SSSR count). The van der Waals surface area contributed by atoms with Crippen molar-refractivity contribution in [2.24, 2.45) is 0 Å². The summed E-state index contributed by atoms with van der Waals surface area (Å²) in [4.78, 5) is 17.2. The summed E-state index contributed by atoms with van der Waals surface area (Å²) in [7, 11) is 0. The summed E-state index contributed by atoms with van der Waals surface area (Å²) in [5.74, 6) is 0. The van der Waals surface area contributed by atoms with Crippen LogP contribution in [-0.4, -0.2) is 44.1 Å². The Hall–Kier alpha value is -7.46. The molecule has 0 aliphatic heterocycles. The van der Waals surface area contributed by atoms with Crippen LogP contribution in [0.25, 0.3) is 87.1 Å². The third kappa shape index (κ3) is 22.3. The Labute approximate surface area is 526 Å². The molecule has 0 N–H and O–H groups in total. The van der Waals surface area contributed by atoms with Crippen molar-refractivity contribution >= 4 is 43.4 Å². The molecule has 434 valence electrons. The van der Waals surface area contributed by atoms with E-state index in [1.165, 1.54) is 32.7 Å². The van der Waals surface area contributed by atoms with E-state index in [2.05, 4.69) is 194 Å². The van der Waals surface area contributed by atoms with E-state index in [-0.39, 0.29) is 52.5 Å². The maximum Gasteiger partial charge on any atom is 0.0161 e. The monoisotopic (exact) mass is 1460 g/mol. The normalized spacial score (nSPS) is 10.5. The Morgan fingerprint density at radius 1 is 0.286 bits per heavy atom. The fourth-order valence-corrected chi connectivity index (χ4v) is 8.42. The largest absolute Gasteiger partial charge is 0.672 e. The number of fused-ring (bicyclic) bond motifs is 6. The predicted octanol–water partition coefficient (Wildman–Crippen LogP) is 20.0. The van der Waals surface area contributed by atoms with E-state index in [1.807, 2.05) is 170 Å². The Kier molecular flexibility index (Phi) is 29.6. The molecule has 0 saturated heterocycles. The smallest absolute Gasteiger partial charge is 0.0161 e. The molecule has 8 aromatic carbocycles. The number of benzene rings is 8.